The summed E-state index contributed by atoms with van der Waals surface area (Å²) in [6.45, 7) is 4.90. The van der Waals surface area contributed by atoms with Crippen LogP contribution < -0.4 is 10.6 Å². The molecular formula is C15H23FN2. The van der Waals surface area contributed by atoms with E-state index in [-0.39, 0.29) is 11.9 Å². The van der Waals surface area contributed by atoms with Crippen molar-refractivity contribution in [3.63, 3.8) is 0 Å². The van der Waals surface area contributed by atoms with E-state index in [1.807, 2.05) is 13.0 Å². The molecule has 0 spiro atoms. The van der Waals surface area contributed by atoms with E-state index in [1.54, 1.807) is 6.07 Å². The van der Waals surface area contributed by atoms with Gasteiger partial charge in [0.2, 0.25) is 0 Å². The average molecular weight is 250 g/mol. The largest absolute Gasteiger partial charge is 0.368 e. The van der Waals surface area contributed by atoms with Crippen molar-refractivity contribution in [2.75, 3.05) is 11.4 Å². The molecule has 3 heteroatoms. The highest BCUT2D eigenvalue weighted by Crippen LogP contribution is 2.33. The van der Waals surface area contributed by atoms with Gasteiger partial charge in [-0.3, -0.25) is 0 Å². The SMILES string of the molecule is CCN(c1cccc(F)c1C(C)N)C1CCCC1. The molecule has 1 atom stereocenters. The van der Waals surface area contributed by atoms with Crippen LogP contribution in [0.2, 0.25) is 0 Å². The van der Waals surface area contributed by atoms with Gasteiger partial charge >= 0.3 is 0 Å². The van der Waals surface area contributed by atoms with Gasteiger partial charge in [0, 0.05) is 29.9 Å². The van der Waals surface area contributed by atoms with Gasteiger partial charge in [0.05, 0.1) is 0 Å². The molecule has 2 N–H and O–H groups in total. The van der Waals surface area contributed by atoms with E-state index in [2.05, 4.69) is 11.8 Å². The Labute approximate surface area is 109 Å². The number of anilines is 1. The molecule has 18 heavy (non-hydrogen) atoms. The zero-order valence-corrected chi connectivity index (χ0v) is 11.3. The smallest absolute Gasteiger partial charge is 0.130 e. The highest BCUT2D eigenvalue weighted by Gasteiger charge is 2.25. The topological polar surface area (TPSA) is 29.3 Å². The predicted molar refractivity (Wildman–Crippen MR) is 74.3 cm³/mol. The van der Waals surface area contributed by atoms with Crippen molar-refractivity contribution in [1.82, 2.24) is 0 Å². The summed E-state index contributed by atoms with van der Waals surface area (Å²) in [6, 6.07) is 5.58. The number of benzene rings is 1. The predicted octanol–water partition coefficient (Wildman–Crippen LogP) is 3.61. The second-order valence-electron chi connectivity index (χ2n) is 5.19. The Morgan fingerprint density at radius 3 is 2.61 bits per heavy atom. The van der Waals surface area contributed by atoms with Gasteiger partial charge in [0.1, 0.15) is 5.82 Å². The van der Waals surface area contributed by atoms with E-state index in [0.29, 0.717) is 11.6 Å². The highest BCUT2D eigenvalue weighted by molar-refractivity contribution is 5.56. The van der Waals surface area contributed by atoms with E-state index in [1.165, 1.54) is 31.7 Å². The third kappa shape index (κ3) is 2.51. The summed E-state index contributed by atoms with van der Waals surface area (Å²) in [5.41, 5.74) is 7.58. The maximum absolute atomic E-state index is 14.0. The Morgan fingerprint density at radius 2 is 2.06 bits per heavy atom. The third-order valence-corrected chi connectivity index (χ3v) is 3.90. The van der Waals surface area contributed by atoms with Gasteiger partial charge in [-0.2, -0.15) is 0 Å². The molecule has 0 saturated heterocycles. The lowest BCUT2D eigenvalue weighted by Crippen LogP contribution is -2.34. The lowest BCUT2D eigenvalue weighted by atomic mass is 10.0. The Hall–Kier alpha value is -1.09. The van der Waals surface area contributed by atoms with E-state index in [0.717, 1.165) is 12.2 Å². The van der Waals surface area contributed by atoms with Crippen LogP contribution in [-0.4, -0.2) is 12.6 Å². The Bertz CT molecular complexity index is 397. The summed E-state index contributed by atoms with van der Waals surface area (Å²) in [4.78, 5) is 2.33. The van der Waals surface area contributed by atoms with Crippen LogP contribution in [0.25, 0.3) is 0 Å². The van der Waals surface area contributed by atoms with Gasteiger partial charge in [-0.15, -0.1) is 0 Å². The molecule has 0 radical (unpaired) electrons. The van der Waals surface area contributed by atoms with Gasteiger partial charge in [-0.05, 0) is 38.8 Å². The number of halogens is 1. The number of hydrogen-bond donors (Lipinski definition) is 1. The first kappa shape index (κ1) is 13.3. The monoisotopic (exact) mass is 250 g/mol. The number of rotatable bonds is 4. The van der Waals surface area contributed by atoms with E-state index in [9.17, 15) is 4.39 Å². The lowest BCUT2D eigenvalue weighted by molar-refractivity contribution is 0.578. The molecule has 0 aliphatic heterocycles. The standard InChI is InChI=1S/C15H23FN2/c1-3-18(12-7-4-5-8-12)14-10-6-9-13(16)15(14)11(2)17/h6,9-12H,3-5,7-8,17H2,1-2H3. The molecular weight excluding hydrogens is 227 g/mol. The maximum Gasteiger partial charge on any atom is 0.130 e. The summed E-state index contributed by atoms with van der Waals surface area (Å²) in [7, 11) is 0. The van der Waals surface area contributed by atoms with Crippen molar-refractivity contribution in [1.29, 1.82) is 0 Å². The minimum absolute atomic E-state index is 0.182. The second-order valence-corrected chi connectivity index (χ2v) is 5.19. The molecule has 1 aliphatic rings. The van der Waals surface area contributed by atoms with E-state index < -0.39 is 0 Å². The molecule has 0 heterocycles. The summed E-state index contributed by atoms with van der Waals surface area (Å²) in [5.74, 6) is -0.182. The number of nitrogens with two attached hydrogens (primary N) is 1. The van der Waals surface area contributed by atoms with Crippen LogP contribution in [0, 0.1) is 5.82 Å². The fourth-order valence-corrected chi connectivity index (χ4v) is 3.07. The molecule has 1 fully saturated rings. The molecule has 1 aromatic carbocycles. The molecule has 0 amide bonds. The van der Waals surface area contributed by atoms with Crippen molar-refractivity contribution in [3.8, 4) is 0 Å². The van der Waals surface area contributed by atoms with E-state index >= 15 is 0 Å². The van der Waals surface area contributed by atoms with Crippen molar-refractivity contribution >= 4 is 5.69 Å². The van der Waals surface area contributed by atoms with Gasteiger partial charge in [-0.25, -0.2) is 4.39 Å². The quantitative estimate of drug-likeness (QED) is 0.884. The first-order chi connectivity index (χ1) is 8.65. The molecule has 1 aliphatic carbocycles. The minimum atomic E-state index is -0.267. The van der Waals surface area contributed by atoms with Gasteiger partial charge in [0.25, 0.3) is 0 Å². The number of hydrogen-bond acceptors (Lipinski definition) is 2. The van der Waals surface area contributed by atoms with Crippen LogP contribution in [0.1, 0.15) is 51.1 Å². The maximum atomic E-state index is 14.0. The molecule has 1 saturated carbocycles. The van der Waals surface area contributed by atoms with Gasteiger partial charge in [0.15, 0.2) is 0 Å². The normalized spacial score (nSPS) is 18.0. The molecule has 0 bridgehead atoms. The second kappa shape index (κ2) is 5.70. The van der Waals surface area contributed by atoms with E-state index in [4.69, 9.17) is 5.73 Å². The van der Waals surface area contributed by atoms with Crippen molar-refractivity contribution in [2.45, 2.75) is 51.6 Å². The number of nitrogens with zero attached hydrogens (tertiary/aromatic N) is 1. The molecule has 1 aromatic rings. The van der Waals surface area contributed by atoms with Gasteiger partial charge in [-0.1, -0.05) is 18.9 Å². The average Bonchev–Trinajstić information content (AvgIpc) is 2.83. The van der Waals surface area contributed by atoms with Crippen LogP contribution in [0.5, 0.6) is 0 Å². The van der Waals surface area contributed by atoms with Crippen LogP contribution in [-0.2, 0) is 0 Å². The fraction of sp³-hybridized carbons (Fsp3) is 0.600. The Morgan fingerprint density at radius 1 is 1.39 bits per heavy atom. The zero-order valence-electron chi connectivity index (χ0n) is 11.3. The first-order valence-corrected chi connectivity index (χ1v) is 6.95. The third-order valence-electron chi connectivity index (χ3n) is 3.90. The Kier molecular flexibility index (Phi) is 4.23. The summed E-state index contributed by atoms with van der Waals surface area (Å²) >= 11 is 0. The molecule has 2 nitrogen and oxygen atoms in total. The Balaban J connectivity index is 2.38. The summed E-state index contributed by atoms with van der Waals surface area (Å²) in [5, 5.41) is 0. The minimum Gasteiger partial charge on any atom is -0.368 e. The molecule has 100 valence electrons. The summed E-state index contributed by atoms with van der Waals surface area (Å²) < 4.78 is 14.0. The highest BCUT2D eigenvalue weighted by atomic mass is 19.1. The first-order valence-electron chi connectivity index (χ1n) is 6.95. The van der Waals surface area contributed by atoms with Crippen LogP contribution in [0.4, 0.5) is 10.1 Å². The molecule has 0 aromatic heterocycles. The van der Waals surface area contributed by atoms with Crippen molar-refractivity contribution in [3.05, 3.63) is 29.6 Å². The summed E-state index contributed by atoms with van der Waals surface area (Å²) in [6.07, 6.45) is 4.99. The lowest BCUT2D eigenvalue weighted by Gasteiger charge is -2.32. The van der Waals surface area contributed by atoms with Crippen molar-refractivity contribution < 1.29 is 4.39 Å². The zero-order chi connectivity index (χ0) is 13.1. The molecule has 2 rings (SSSR count). The van der Waals surface area contributed by atoms with Gasteiger partial charge < -0.3 is 10.6 Å². The fourth-order valence-electron chi connectivity index (χ4n) is 3.07. The van der Waals surface area contributed by atoms with Crippen LogP contribution in [0.3, 0.4) is 0 Å². The van der Waals surface area contributed by atoms with Crippen molar-refractivity contribution in [2.24, 2.45) is 5.73 Å². The molecule has 1 unspecified atom stereocenters. The van der Waals surface area contributed by atoms with Crippen LogP contribution >= 0.6 is 0 Å². The van der Waals surface area contributed by atoms with Crippen LogP contribution in [0.15, 0.2) is 18.2 Å².